The van der Waals surface area contributed by atoms with Gasteiger partial charge in [0, 0.05) is 29.0 Å². The second-order valence-electron chi connectivity index (χ2n) is 4.30. The van der Waals surface area contributed by atoms with Crippen molar-refractivity contribution in [2.45, 2.75) is 13.0 Å². The summed E-state index contributed by atoms with van der Waals surface area (Å²) in [6.07, 6.45) is 0.997. The highest BCUT2D eigenvalue weighted by molar-refractivity contribution is 7.10. The Morgan fingerprint density at radius 2 is 2.33 bits per heavy atom. The first-order valence-corrected chi connectivity index (χ1v) is 7.74. The van der Waals surface area contributed by atoms with Crippen molar-refractivity contribution in [2.75, 3.05) is 18.4 Å². The molecule has 1 amide bonds. The number of thiophene rings is 2. The molecule has 2 aromatic rings. The van der Waals surface area contributed by atoms with Crippen LogP contribution in [0.4, 0.5) is 5.69 Å². The van der Waals surface area contributed by atoms with Gasteiger partial charge in [0.05, 0.1) is 6.54 Å². The summed E-state index contributed by atoms with van der Waals surface area (Å²) in [7, 11) is 0. The number of hydrogen-bond donors (Lipinski definition) is 1. The standard InChI is InChI=1S/C13H14N2OS2/c16-13(7-14-11-3-5-17-9-11)15-4-1-12-10(8-15)2-6-18-12/h2-3,5-6,9,14H,1,4,7-8H2. The largest absolute Gasteiger partial charge is 0.375 e. The van der Waals surface area contributed by atoms with Crippen molar-refractivity contribution in [2.24, 2.45) is 0 Å². The third-order valence-electron chi connectivity index (χ3n) is 3.13. The molecule has 0 aliphatic carbocycles. The fraction of sp³-hybridized carbons (Fsp3) is 0.308. The topological polar surface area (TPSA) is 32.3 Å². The number of nitrogens with one attached hydrogen (secondary N) is 1. The van der Waals surface area contributed by atoms with Gasteiger partial charge in [0.2, 0.25) is 5.91 Å². The van der Waals surface area contributed by atoms with Crippen LogP contribution in [0, 0.1) is 0 Å². The number of carbonyl (C=O) groups is 1. The number of hydrogen-bond acceptors (Lipinski definition) is 4. The molecule has 0 saturated heterocycles. The first-order chi connectivity index (χ1) is 8.83. The zero-order valence-electron chi connectivity index (χ0n) is 9.89. The molecule has 0 unspecified atom stereocenters. The van der Waals surface area contributed by atoms with Crippen molar-refractivity contribution in [3.8, 4) is 0 Å². The maximum absolute atomic E-state index is 12.1. The van der Waals surface area contributed by atoms with Crippen molar-refractivity contribution >= 4 is 34.3 Å². The number of nitrogens with zero attached hydrogens (tertiary/aromatic N) is 1. The smallest absolute Gasteiger partial charge is 0.242 e. The Morgan fingerprint density at radius 3 is 3.17 bits per heavy atom. The molecule has 0 radical (unpaired) electrons. The highest BCUT2D eigenvalue weighted by atomic mass is 32.1. The van der Waals surface area contributed by atoms with Crippen molar-refractivity contribution < 1.29 is 4.79 Å². The third kappa shape index (κ3) is 2.42. The van der Waals surface area contributed by atoms with Crippen LogP contribution >= 0.6 is 22.7 Å². The predicted molar refractivity (Wildman–Crippen MR) is 76.2 cm³/mol. The summed E-state index contributed by atoms with van der Waals surface area (Å²) in [6, 6.07) is 4.12. The minimum atomic E-state index is 0.179. The van der Waals surface area contributed by atoms with Gasteiger partial charge in [-0.1, -0.05) is 0 Å². The fourth-order valence-electron chi connectivity index (χ4n) is 2.12. The van der Waals surface area contributed by atoms with E-state index in [1.165, 1.54) is 10.4 Å². The Hall–Kier alpha value is -1.33. The van der Waals surface area contributed by atoms with E-state index in [1.54, 1.807) is 22.7 Å². The van der Waals surface area contributed by atoms with E-state index < -0.39 is 0 Å². The van der Waals surface area contributed by atoms with Crippen LogP contribution in [0.15, 0.2) is 28.3 Å². The molecule has 2 aromatic heterocycles. The Kier molecular flexibility index (Phi) is 3.34. The molecule has 3 rings (SSSR count). The highest BCUT2D eigenvalue weighted by Gasteiger charge is 2.20. The van der Waals surface area contributed by atoms with E-state index in [9.17, 15) is 4.79 Å². The zero-order valence-corrected chi connectivity index (χ0v) is 11.5. The second-order valence-corrected chi connectivity index (χ2v) is 6.08. The molecule has 94 valence electrons. The van der Waals surface area contributed by atoms with Crippen molar-refractivity contribution in [1.29, 1.82) is 0 Å². The SMILES string of the molecule is O=C(CNc1ccsc1)N1CCc2sccc2C1. The second kappa shape index (κ2) is 5.12. The van der Waals surface area contributed by atoms with E-state index in [2.05, 4.69) is 16.8 Å². The lowest BCUT2D eigenvalue weighted by Gasteiger charge is -2.27. The first kappa shape index (κ1) is 11.7. The van der Waals surface area contributed by atoms with E-state index in [4.69, 9.17) is 0 Å². The quantitative estimate of drug-likeness (QED) is 0.936. The van der Waals surface area contributed by atoms with Crippen LogP contribution in [0.5, 0.6) is 0 Å². The molecular formula is C13H14N2OS2. The third-order valence-corrected chi connectivity index (χ3v) is 4.83. The summed E-state index contributed by atoms with van der Waals surface area (Å²) in [4.78, 5) is 15.5. The number of rotatable bonds is 3. The van der Waals surface area contributed by atoms with Crippen molar-refractivity contribution in [3.63, 3.8) is 0 Å². The molecule has 0 saturated carbocycles. The number of anilines is 1. The van der Waals surface area contributed by atoms with E-state index in [0.29, 0.717) is 6.54 Å². The van der Waals surface area contributed by atoms with Crippen LogP contribution in [-0.2, 0) is 17.8 Å². The summed E-state index contributed by atoms with van der Waals surface area (Å²) >= 11 is 3.43. The number of carbonyl (C=O) groups excluding carboxylic acids is 1. The van der Waals surface area contributed by atoms with E-state index >= 15 is 0 Å². The Bertz CT molecular complexity index is 533. The number of fused-ring (bicyclic) bond motifs is 1. The lowest BCUT2D eigenvalue weighted by atomic mass is 10.1. The molecular weight excluding hydrogens is 264 g/mol. The van der Waals surface area contributed by atoms with Gasteiger partial charge in [0.1, 0.15) is 0 Å². The van der Waals surface area contributed by atoms with Crippen LogP contribution in [0.2, 0.25) is 0 Å². The highest BCUT2D eigenvalue weighted by Crippen LogP contribution is 2.24. The van der Waals surface area contributed by atoms with Crippen molar-refractivity contribution in [1.82, 2.24) is 4.90 Å². The maximum Gasteiger partial charge on any atom is 0.242 e. The molecule has 3 heterocycles. The van der Waals surface area contributed by atoms with Crippen LogP contribution in [0.1, 0.15) is 10.4 Å². The summed E-state index contributed by atoms with van der Waals surface area (Å²) in [6.45, 7) is 2.00. The summed E-state index contributed by atoms with van der Waals surface area (Å²) in [5.74, 6) is 0.179. The minimum absolute atomic E-state index is 0.179. The molecule has 0 atom stereocenters. The lowest BCUT2D eigenvalue weighted by molar-refractivity contribution is -0.130. The Morgan fingerprint density at radius 1 is 1.39 bits per heavy atom. The molecule has 3 nitrogen and oxygen atoms in total. The maximum atomic E-state index is 12.1. The van der Waals surface area contributed by atoms with E-state index in [-0.39, 0.29) is 5.91 Å². The van der Waals surface area contributed by atoms with Crippen LogP contribution in [-0.4, -0.2) is 23.9 Å². The van der Waals surface area contributed by atoms with Gasteiger partial charge in [-0.3, -0.25) is 4.79 Å². The number of amides is 1. The molecule has 0 aromatic carbocycles. The molecule has 0 bridgehead atoms. The normalized spacial score (nSPS) is 14.3. The van der Waals surface area contributed by atoms with Gasteiger partial charge in [-0.2, -0.15) is 11.3 Å². The fourth-order valence-corrected chi connectivity index (χ4v) is 3.62. The Balaban J connectivity index is 1.57. The monoisotopic (exact) mass is 278 g/mol. The van der Waals surface area contributed by atoms with Crippen LogP contribution in [0.3, 0.4) is 0 Å². The first-order valence-electron chi connectivity index (χ1n) is 5.92. The average Bonchev–Trinajstić information content (AvgIpc) is 3.05. The van der Waals surface area contributed by atoms with E-state index in [1.807, 2.05) is 21.7 Å². The van der Waals surface area contributed by atoms with Crippen LogP contribution < -0.4 is 5.32 Å². The van der Waals surface area contributed by atoms with E-state index in [0.717, 1.165) is 25.2 Å². The summed E-state index contributed by atoms with van der Waals surface area (Å²) in [5.41, 5.74) is 2.34. The van der Waals surface area contributed by atoms with Gasteiger partial charge >= 0.3 is 0 Å². The Labute approximate surface area is 114 Å². The van der Waals surface area contributed by atoms with Gasteiger partial charge in [0.15, 0.2) is 0 Å². The van der Waals surface area contributed by atoms with Crippen molar-refractivity contribution in [3.05, 3.63) is 38.7 Å². The molecule has 1 N–H and O–H groups in total. The summed E-state index contributed by atoms with van der Waals surface area (Å²) < 4.78 is 0. The molecule has 1 aliphatic rings. The van der Waals surface area contributed by atoms with Gasteiger partial charge in [-0.15, -0.1) is 11.3 Å². The zero-order chi connectivity index (χ0) is 12.4. The van der Waals surface area contributed by atoms with Crippen LogP contribution in [0.25, 0.3) is 0 Å². The molecule has 0 fully saturated rings. The van der Waals surface area contributed by atoms with Gasteiger partial charge in [-0.05, 0) is 34.9 Å². The van der Waals surface area contributed by atoms with Gasteiger partial charge < -0.3 is 10.2 Å². The molecule has 5 heteroatoms. The molecule has 1 aliphatic heterocycles. The lowest BCUT2D eigenvalue weighted by Crippen LogP contribution is -2.38. The van der Waals surface area contributed by atoms with Gasteiger partial charge in [0.25, 0.3) is 0 Å². The predicted octanol–water partition coefficient (Wildman–Crippen LogP) is 2.81. The average molecular weight is 278 g/mol. The summed E-state index contributed by atoms with van der Waals surface area (Å²) in [5, 5.41) is 9.29. The molecule has 0 spiro atoms. The van der Waals surface area contributed by atoms with Gasteiger partial charge in [-0.25, -0.2) is 0 Å². The minimum Gasteiger partial charge on any atom is -0.375 e. The molecule has 18 heavy (non-hydrogen) atoms.